The summed E-state index contributed by atoms with van der Waals surface area (Å²) in [6, 6.07) is 17.0. The molecule has 4 rings (SSSR count). The number of nitrogens with zero attached hydrogens (tertiary/aromatic N) is 2. The molecule has 1 saturated heterocycles. The van der Waals surface area contributed by atoms with Crippen molar-refractivity contribution in [3.63, 3.8) is 0 Å². The number of halogens is 3. The molecule has 11 heteroatoms. The lowest BCUT2D eigenvalue weighted by atomic mass is 10.0. The molecule has 0 unspecified atom stereocenters. The van der Waals surface area contributed by atoms with Gasteiger partial charge in [0.05, 0.1) is 18.8 Å². The summed E-state index contributed by atoms with van der Waals surface area (Å²) in [4.78, 5) is 20.3. The van der Waals surface area contributed by atoms with Crippen LogP contribution in [-0.4, -0.2) is 36.6 Å². The highest BCUT2D eigenvalue weighted by Crippen LogP contribution is 2.39. The quantitative estimate of drug-likeness (QED) is 0.217. The Morgan fingerprint density at radius 1 is 1.00 bits per heavy atom. The summed E-state index contributed by atoms with van der Waals surface area (Å²) in [5.74, 6) is -0.0238. The molecule has 0 bridgehead atoms. The van der Waals surface area contributed by atoms with E-state index in [4.69, 9.17) is 44.3 Å². The number of alkyl halides is 3. The van der Waals surface area contributed by atoms with Gasteiger partial charge in [0.1, 0.15) is 0 Å². The maximum absolute atomic E-state index is 11.8. The first-order valence-corrected chi connectivity index (χ1v) is 13.3. The van der Waals surface area contributed by atoms with Crippen LogP contribution in [-0.2, 0) is 27.4 Å². The minimum Gasteiger partial charge on any atom is -0.392 e. The van der Waals surface area contributed by atoms with E-state index in [1.165, 1.54) is 11.8 Å². The van der Waals surface area contributed by atoms with Crippen molar-refractivity contribution in [1.29, 1.82) is 0 Å². The molecule has 1 amide bonds. The zero-order chi connectivity index (χ0) is 25.5. The van der Waals surface area contributed by atoms with Crippen molar-refractivity contribution in [2.45, 2.75) is 47.0 Å². The molecule has 190 valence electrons. The normalized spacial score (nSPS) is 20.2. The molecule has 1 aliphatic heterocycles. The fraction of sp³-hybridized carbons (Fsp3) is 0.320. The number of hydrogen-bond acceptors (Lipinski definition) is 7. The molecule has 2 N–H and O–H groups in total. The fourth-order valence-electron chi connectivity index (χ4n) is 3.63. The molecule has 3 aromatic rings. The Hall–Kier alpha value is -1.91. The molecule has 1 aliphatic rings. The fourth-order valence-corrected chi connectivity index (χ4v) is 4.65. The van der Waals surface area contributed by atoms with E-state index >= 15 is 0 Å². The van der Waals surface area contributed by atoms with Crippen LogP contribution in [0.3, 0.4) is 0 Å². The number of aliphatic hydroxyl groups is 1. The van der Waals surface area contributed by atoms with E-state index in [1.54, 1.807) is 18.5 Å². The van der Waals surface area contributed by atoms with Crippen LogP contribution in [0.5, 0.6) is 0 Å². The lowest BCUT2D eigenvalue weighted by molar-refractivity contribution is -0.245. The van der Waals surface area contributed by atoms with Gasteiger partial charge in [-0.1, -0.05) is 95.1 Å². The molecule has 1 aromatic heterocycles. The van der Waals surface area contributed by atoms with E-state index in [1.807, 2.05) is 48.5 Å². The number of aliphatic hydroxyl groups excluding tert-OH is 1. The van der Waals surface area contributed by atoms with E-state index < -0.39 is 16.0 Å². The summed E-state index contributed by atoms with van der Waals surface area (Å²) < 4.78 is 10.7. The standard InChI is InChI=1S/C25H24Cl3N3O4S/c26-25(27,28)23(33)31-13-16-2-8-19(9-3-16)22-34-20(15-36-24-29-10-1-11-30-24)12-21(35-22)18-6-4-17(14-32)5-7-18/h1-11,20-22,32H,12-15H2,(H,31,33)/t20-,21+,22+/m0/s1. The first-order chi connectivity index (χ1) is 17.3. The lowest BCUT2D eigenvalue weighted by Crippen LogP contribution is -2.34. The highest BCUT2D eigenvalue weighted by molar-refractivity contribution is 7.99. The maximum Gasteiger partial charge on any atom is 0.272 e. The Bertz CT molecular complexity index is 1130. The third-order valence-corrected chi connectivity index (χ3v) is 7.04. The second kappa shape index (κ2) is 12.6. The van der Waals surface area contributed by atoms with Crippen LogP contribution >= 0.6 is 46.6 Å². The molecular weight excluding hydrogens is 545 g/mol. The van der Waals surface area contributed by atoms with Gasteiger partial charge in [0, 0.05) is 36.7 Å². The third-order valence-electron chi connectivity index (χ3n) is 5.52. The second-order valence-corrected chi connectivity index (χ2v) is 11.4. The van der Waals surface area contributed by atoms with Gasteiger partial charge in [-0.05, 0) is 22.8 Å². The minimum absolute atomic E-state index is 0.0116. The molecule has 1 fully saturated rings. The minimum atomic E-state index is -2.01. The third kappa shape index (κ3) is 7.55. The van der Waals surface area contributed by atoms with Crippen LogP contribution in [0, 0.1) is 0 Å². The van der Waals surface area contributed by atoms with E-state index in [2.05, 4.69) is 15.3 Å². The number of benzene rings is 2. The largest absolute Gasteiger partial charge is 0.392 e. The number of aromatic nitrogens is 2. The summed E-state index contributed by atoms with van der Waals surface area (Å²) in [5, 5.41) is 12.6. The molecular formula is C25H24Cl3N3O4S. The number of rotatable bonds is 8. The van der Waals surface area contributed by atoms with E-state index in [0.717, 1.165) is 22.3 Å². The van der Waals surface area contributed by atoms with Gasteiger partial charge >= 0.3 is 0 Å². The molecule has 0 aliphatic carbocycles. The zero-order valence-corrected chi connectivity index (χ0v) is 22.1. The Labute approximate surface area is 228 Å². The second-order valence-electron chi connectivity index (χ2n) is 8.11. The number of thioether (sulfide) groups is 1. The molecule has 0 radical (unpaired) electrons. The Morgan fingerprint density at radius 3 is 2.28 bits per heavy atom. The first-order valence-electron chi connectivity index (χ1n) is 11.2. The molecule has 2 heterocycles. The van der Waals surface area contributed by atoms with Crippen LogP contribution in [0.15, 0.2) is 72.1 Å². The summed E-state index contributed by atoms with van der Waals surface area (Å²) in [7, 11) is 0. The van der Waals surface area contributed by atoms with Gasteiger partial charge in [-0.2, -0.15) is 0 Å². The SMILES string of the molecule is O=C(NCc1ccc([C@@H]2O[C@H](CSc3ncccn3)C[C@H](c3ccc(CO)cc3)O2)cc1)C(Cl)(Cl)Cl. The monoisotopic (exact) mass is 567 g/mol. The molecule has 0 saturated carbocycles. The van der Waals surface area contributed by atoms with Crippen LogP contribution in [0.25, 0.3) is 0 Å². The zero-order valence-electron chi connectivity index (χ0n) is 19.0. The van der Waals surface area contributed by atoms with Gasteiger partial charge in [0.25, 0.3) is 9.70 Å². The molecule has 7 nitrogen and oxygen atoms in total. The number of ether oxygens (including phenoxy) is 2. The Kier molecular flexibility index (Phi) is 9.47. The van der Waals surface area contributed by atoms with Gasteiger partial charge in [-0.3, -0.25) is 4.79 Å². The smallest absolute Gasteiger partial charge is 0.272 e. The number of carbonyl (C=O) groups is 1. The van der Waals surface area contributed by atoms with E-state index in [-0.39, 0.29) is 25.4 Å². The van der Waals surface area contributed by atoms with Crippen molar-refractivity contribution in [2.75, 3.05) is 5.75 Å². The summed E-state index contributed by atoms with van der Waals surface area (Å²) >= 11 is 18.3. The topological polar surface area (TPSA) is 93.6 Å². The number of amides is 1. The van der Waals surface area contributed by atoms with Gasteiger partial charge in [0.15, 0.2) is 11.4 Å². The van der Waals surface area contributed by atoms with Crippen molar-refractivity contribution >= 4 is 52.5 Å². The van der Waals surface area contributed by atoms with Gasteiger partial charge in [-0.25, -0.2) is 9.97 Å². The number of nitrogens with one attached hydrogen (secondary N) is 1. The molecule has 0 spiro atoms. The van der Waals surface area contributed by atoms with Gasteiger partial charge < -0.3 is 19.9 Å². The Morgan fingerprint density at radius 2 is 1.64 bits per heavy atom. The average molecular weight is 569 g/mol. The Balaban J connectivity index is 1.47. The van der Waals surface area contributed by atoms with Gasteiger partial charge in [0.2, 0.25) is 0 Å². The predicted molar refractivity (Wildman–Crippen MR) is 140 cm³/mol. The summed E-state index contributed by atoms with van der Waals surface area (Å²) in [6.07, 6.45) is 3.20. The highest BCUT2D eigenvalue weighted by Gasteiger charge is 2.33. The van der Waals surface area contributed by atoms with Crippen LogP contribution in [0.4, 0.5) is 0 Å². The van der Waals surface area contributed by atoms with Crippen molar-refractivity contribution in [2.24, 2.45) is 0 Å². The van der Waals surface area contributed by atoms with Crippen LogP contribution in [0.2, 0.25) is 0 Å². The average Bonchev–Trinajstić information content (AvgIpc) is 2.90. The summed E-state index contributed by atoms with van der Waals surface area (Å²) in [5.41, 5.74) is 3.53. The molecule has 2 aromatic carbocycles. The van der Waals surface area contributed by atoms with Crippen LogP contribution < -0.4 is 5.32 Å². The highest BCUT2D eigenvalue weighted by atomic mass is 35.6. The van der Waals surface area contributed by atoms with Crippen LogP contribution in [0.1, 0.15) is 41.1 Å². The molecule has 3 atom stereocenters. The first kappa shape index (κ1) is 27.1. The van der Waals surface area contributed by atoms with Crippen molar-refractivity contribution in [3.05, 3.63) is 89.2 Å². The summed E-state index contributed by atoms with van der Waals surface area (Å²) in [6.45, 7) is 0.206. The molecule has 36 heavy (non-hydrogen) atoms. The number of carbonyl (C=O) groups excluding carboxylic acids is 1. The van der Waals surface area contributed by atoms with Gasteiger partial charge in [-0.15, -0.1) is 0 Å². The lowest BCUT2D eigenvalue weighted by Gasteiger charge is -2.36. The van der Waals surface area contributed by atoms with Crippen molar-refractivity contribution in [1.82, 2.24) is 15.3 Å². The van der Waals surface area contributed by atoms with E-state index in [0.29, 0.717) is 17.3 Å². The maximum atomic E-state index is 11.8. The van der Waals surface area contributed by atoms with Crippen molar-refractivity contribution < 1.29 is 19.4 Å². The predicted octanol–water partition coefficient (Wildman–Crippen LogP) is 5.29. The van der Waals surface area contributed by atoms with E-state index in [9.17, 15) is 9.90 Å². The number of hydrogen-bond donors (Lipinski definition) is 2. The van der Waals surface area contributed by atoms with Crippen molar-refractivity contribution in [3.8, 4) is 0 Å².